The van der Waals surface area contributed by atoms with Gasteiger partial charge in [0.25, 0.3) is 0 Å². The van der Waals surface area contributed by atoms with E-state index in [-0.39, 0.29) is 5.91 Å². The van der Waals surface area contributed by atoms with Gasteiger partial charge in [-0.3, -0.25) is 10.1 Å². The van der Waals surface area contributed by atoms with Crippen molar-refractivity contribution in [2.24, 2.45) is 4.99 Å². The minimum Gasteiger partial charge on any atom is -0.312 e. The Morgan fingerprint density at radius 3 is 2.81 bits per heavy atom. The quantitative estimate of drug-likeness (QED) is 0.395. The van der Waals surface area contributed by atoms with Crippen molar-refractivity contribution < 1.29 is 4.79 Å². The van der Waals surface area contributed by atoms with Crippen molar-refractivity contribution in [1.82, 2.24) is 5.32 Å². The van der Waals surface area contributed by atoms with Gasteiger partial charge < -0.3 is 4.90 Å². The summed E-state index contributed by atoms with van der Waals surface area (Å²) < 4.78 is 0. The van der Waals surface area contributed by atoms with Crippen LogP contribution in [0, 0.1) is 11.5 Å². The van der Waals surface area contributed by atoms with Crippen LogP contribution in [0.5, 0.6) is 0 Å². The number of amides is 1. The molecule has 0 atom stereocenters. The number of aliphatic imine (C=N–C) groups is 1. The number of thioether (sulfide) groups is 1. The number of rotatable bonds is 2. The van der Waals surface area contributed by atoms with Crippen molar-refractivity contribution in [2.75, 3.05) is 17.7 Å². The normalized spacial score (nSPS) is 16.6. The first-order chi connectivity index (χ1) is 9.95. The first kappa shape index (κ1) is 15.4. The Bertz CT molecular complexity index is 646. The van der Waals surface area contributed by atoms with Gasteiger partial charge in [0.05, 0.1) is 11.1 Å². The first-order valence-electron chi connectivity index (χ1n) is 6.70. The van der Waals surface area contributed by atoms with Crippen LogP contribution in [0.4, 0.5) is 11.4 Å². The Hall–Kier alpha value is -2.00. The highest BCUT2D eigenvalue weighted by atomic mass is 32.2. The van der Waals surface area contributed by atoms with Gasteiger partial charge in [0.2, 0.25) is 5.91 Å². The summed E-state index contributed by atoms with van der Waals surface area (Å²) in [5, 5.41) is 11.8. The van der Waals surface area contributed by atoms with E-state index in [0.717, 1.165) is 16.9 Å². The predicted octanol–water partition coefficient (Wildman–Crippen LogP) is 2.75. The van der Waals surface area contributed by atoms with Crippen LogP contribution in [0.25, 0.3) is 0 Å². The number of amidine groups is 1. The number of nitrogens with one attached hydrogen (secondary N) is 1. The number of anilines is 1. The SMILES string of the molecule is CCN1C(=O)C(C)(C)c2cc(N=C(NC#N)SC)ccc21. The van der Waals surface area contributed by atoms with Gasteiger partial charge in [-0.1, -0.05) is 11.8 Å². The van der Waals surface area contributed by atoms with Crippen LogP contribution >= 0.6 is 11.8 Å². The van der Waals surface area contributed by atoms with E-state index in [2.05, 4.69) is 10.3 Å². The highest BCUT2D eigenvalue weighted by Crippen LogP contribution is 2.43. The molecule has 1 aliphatic rings. The monoisotopic (exact) mass is 302 g/mol. The zero-order chi connectivity index (χ0) is 15.6. The zero-order valence-corrected chi connectivity index (χ0v) is 13.4. The standard InChI is InChI=1S/C15H18N4OS/c1-5-19-12-7-6-10(18-14(21-4)17-9-16)8-11(12)15(2,3)13(19)20/h6-8H,5H2,1-4H3,(H,17,18). The molecule has 0 aliphatic carbocycles. The third kappa shape index (κ3) is 2.61. The second-order valence-electron chi connectivity index (χ2n) is 5.23. The van der Waals surface area contributed by atoms with E-state index >= 15 is 0 Å². The molecular formula is C15H18N4OS. The summed E-state index contributed by atoms with van der Waals surface area (Å²) in [5.74, 6) is 0.112. The minimum absolute atomic E-state index is 0.112. The van der Waals surface area contributed by atoms with Gasteiger partial charge in [0, 0.05) is 12.2 Å². The number of likely N-dealkylation sites (N-methyl/N-ethyl adjacent to an activating group) is 1. The van der Waals surface area contributed by atoms with Gasteiger partial charge in [-0.2, -0.15) is 5.26 Å². The lowest BCUT2D eigenvalue weighted by atomic mass is 9.86. The van der Waals surface area contributed by atoms with Gasteiger partial charge in [-0.25, -0.2) is 4.99 Å². The molecule has 1 aromatic rings. The summed E-state index contributed by atoms with van der Waals surface area (Å²) in [6, 6.07) is 5.72. The molecule has 0 fully saturated rings. The molecule has 0 spiro atoms. The van der Waals surface area contributed by atoms with E-state index in [1.807, 2.05) is 51.4 Å². The molecule has 0 aromatic heterocycles. The Kier molecular flexibility index (Phi) is 4.24. The van der Waals surface area contributed by atoms with Crippen molar-refractivity contribution in [1.29, 1.82) is 5.26 Å². The fraction of sp³-hybridized carbons (Fsp3) is 0.400. The lowest BCUT2D eigenvalue weighted by Gasteiger charge is -2.18. The van der Waals surface area contributed by atoms with Crippen LogP contribution < -0.4 is 10.2 Å². The maximum Gasteiger partial charge on any atom is 0.237 e. The van der Waals surface area contributed by atoms with E-state index < -0.39 is 5.41 Å². The van der Waals surface area contributed by atoms with Crippen LogP contribution in [-0.4, -0.2) is 23.9 Å². The largest absolute Gasteiger partial charge is 0.312 e. The van der Waals surface area contributed by atoms with Crippen molar-refractivity contribution in [3.8, 4) is 6.19 Å². The Balaban J connectivity index is 2.48. The molecule has 1 heterocycles. The van der Waals surface area contributed by atoms with Crippen LogP contribution in [0.15, 0.2) is 23.2 Å². The maximum absolute atomic E-state index is 12.4. The number of nitrogens with zero attached hydrogens (tertiary/aromatic N) is 3. The summed E-state index contributed by atoms with van der Waals surface area (Å²) in [7, 11) is 0. The van der Waals surface area contributed by atoms with Crippen LogP contribution in [0.3, 0.4) is 0 Å². The molecule has 2 rings (SSSR count). The molecule has 110 valence electrons. The van der Waals surface area contributed by atoms with Gasteiger partial charge in [-0.15, -0.1) is 0 Å². The molecule has 1 aromatic carbocycles. The smallest absolute Gasteiger partial charge is 0.237 e. The Labute approximate surface area is 129 Å². The van der Waals surface area contributed by atoms with Crippen LogP contribution in [-0.2, 0) is 10.2 Å². The minimum atomic E-state index is -0.543. The summed E-state index contributed by atoms with van der Waals surface area (Å²) in [6.45, 7) is 6.49. The second kappa shape index (κ2) is 5.78. The topological polar surface area (TPSA) is 68.5 Å². The van der Waals surface area contributed by atoms with Crippen LogP contribution in [0.2, 0.25) is 0 Å². The van der Waals surface area contributed by atoms with Gasteiger partial charge in [0.1, 0.15) is 0 Å². The average molecular weight is 302 g/mol. The van der Waals surface area contributed by atoms with Crippen molar-refractivity contribution >= 4 is 34.2 Å². The summed E-state index contributed by atoms with van der Waals surface area (Å²) in [6.07, 6.45) is 3.72. The van der Waals surface area contributed by atoms with E-state index in [4.69, 9.17) is 5.26 Å². The molecule has 0 radical (unpaired) electrons. The van der Waals surface area contributed by atoms with Gasteiger partial charge in [-0.05, 0) is 50.8 Å². The second-order valence-corrected chi connectivity index (χ2v) is 6.03. The van der Waals surface area contributed by atoms with Crippen molar-refractivity contribution in [3.05, 3.63) is 23.8 Å². The molecule has 0 bridgehead atoms. The molecular weight excluding hydrogens is 284 g/mol. The molecule has 21 heavy (non-hydrogen) atoms. The molecule has 0 unspecified atom stereocenters. The number of nitriles is 1. The fourth-order valence-electron chi connectivity index (χ4n) is 2.50. The highest BCUT2D eigenvalue weighted by Gasteiger charge is 2.43. The molecule has 5 nitrogen and oxygen atoms in total. The molecule has 6 heteroatoms. The number of hydrogen-bond donors (Lipinski definition) is 1. The number of fused-ring (bicyclic) bond motifs is 1. The summed E-state index contributed by atoms with van der Waals surface area (Å²) in [4.78, 5) is 18.6. The van der Waals surface area contributed by atoms with E-state index in [1.165, 1.54) is 11.8 Å². The zero-order valence-electron chi connectivity index (χ0n) is 12.6. The highest BCUT2D eigenvalue weighted by molar-refractivity contribution is 8.13. The average Bonchev–Trinajstić information content (AvgIpc) is 2.66. The van der Waals surface area contributed by atoms with Crippen molar-refractivity contribution in [2.45, 2.75) is 26.2 Å². The summed E-state index contributed by atoms with van der Waals surface area (Å²) in [5.41, 5.74) is 2.12. The third-order valence-corrected chi connectivity index (χ3v) is 4.21. The number of benzene rings is 1. The predicted molar refractivity (Wildman–Crippen MR) is 86.9 cm³/mol. The van der Waals surface area contributed by atoms with E-state index in [1.54, 1.807) is 4.90 Å². The molecule has 1 amide bonds. The van der Waals surface area contributed by atoms with Gasteiger partial charge >= 0.3 is 0 Å². The molecule has 0 saturated heterocycles. The molecule has 1 aliphatic heterocycles. The number of carbonyl (C=O) groups excluding carboxylic acids is 1. The Morgan fingerprint density at radius 2 is 2.24 bits per heavy atom. The molecule has 0 saturated carbocycles. The maximum atomic E-state index is 12.4. The van der Waals surface area contributed by atoms with E-state index in [0.29, 0.717) is 11.7 Å². The lowest BCUT2D eigenvalue weighted by molar-refractivity contribution is -0.122. The number of hydrogen-bond acceptors (Lipinski definition) is 4. The molecule has 1 N–H and O–H groups in total. The van der Waals surface area contributed by atoms with E-state index in [9.17, 15) is 4.79 Å². The third-order valence-electron chi connectivity index (χ3n) is 3.63. The number of carbonyl (C=O) groups is 1. The van der Waals surface area contributed by atoms with Gasteiger partial charge in [0.15, 0.2) is 11.4 Å². The van der Waals surface area contributed by atoms with Crippen molar-refractivity contribution in [3.63, 3.8) is 0 Å². The fourth-order valence-corrected chi connectivity index (χ4v) is 2.84. The first-order valence-corrected chi connectivity index (χ1v) is 7.92. The lowest BCUT2D eigenvalue weighted by Crippen LogP contribution is -2.35. The Morgan fingerprint density at radius 1 is 1.52 bits per heavy atom. The summed E-state index contributed by atoms with van der Waals surface area (Å²) >= 11 is 1.37. The van der Waals surface area contributed by atoms with Crippen LogP contribution in [0.1, 0.15) is 26.3 Å².